The largest absolute Gasteiger partial charge is 0.497 e. The molecule has 1 N–H and O–H groups in total. The first-order valence-corrected chi connectivity index (χ1v) is 7.62. The van der Waals surface area contributed by atoms with Crippen LogP contribution in [0, 0.1) is 0 Å². The fourth-order valence-corrected chi connectivity index (χ4v) is 2.34. The summed E-state index contributed by atoms with van der Waals surface area (Å²) in [6.07, 6.45) is 1.85. The zero-order chi connectivity index (χ0) is 15.8. The van der Waals surface area contributed by atoms with Crippen molar-refractivity contribution in [1.82, 2.24) is 4.98 Å². The molecule has 0 aliphatic heterocycles. The zero-order valence-corrected chi connectivity index (χ0v) is 13.2. The zero-order valence-electron chi connectivity index (χ0n) is 12.4. The van der Waals surface area contributed by atoms with Crippen LogP contribution in [-0.2, 0) is 16.0 Å². The van der Waals surface area contributed by atoms with E-state index in [0.717, 1.165) is 11.3 Å². The smallest absolute Gasteiger partial charge is 0.311 e. The summed E-state index contributed by atoms with van der Waals surface area (Å²) in [5.74, 6) is 0.495. The van der Waals surface area contributed by atoms with E-state index in [0.29, 0.717) is 17.4 Å². The highest BCUT2D eigenvalue weighted by Gasteiger charge is 2.07. The average Bonchev–Trinajstić information content (AvgIpc) is 2.95. The van der Waals surface area contributed by atoms with Crippen molar-refractivity contribution in [2.45, 2.75) is 13.3 Å². The lowest BCUT2D eigenvalue weighted by Crippen LogP contribution is -2.07. The number of ether oxygens (including phenoxy) is 2. The Morgan fingerprint density at radius 2 is 2.36 bits per heavy atom. The van der Waals surface area contributed by atoms with Crippen LogP contribution in [-0.4, -0.2) is 30.9 Å². The van der Waals surface area contributed by atoms with E-state index in [1.54, 1.807) is 25.6 Å². The van der Waals surface area contributed by atoms with E-state index in [-0.39, 0.29) is 12.4 Å². The van der Waals surface area contributed by atoms with Crippen molar-refractivity contribution < 1.29 is 14.3 Å². The fraction of sp³-hybridized carbons (Fsp3) is 0.267. The summed E-state index contributed by atoms with van der Waals surface area (Å²) in [7, 11) is 1.62. The van der Waals surface area contributed by atoms with E-state index in [9.17, 15) is 4.79 Å². The van der Waals surface area contributed by atoms with Crippen molar-refractivity contribution in [3.8, 4) is 5.75 Å². The van der Waals surface area contributed by atoms with E-state index >= 15 is 0 Å². The number of nitrogens with zero attached hydrogens (tertiary/aromatic N) is 2. The molecule has 116 valence electrons. The Bertz CT molecular complexity index is 655. The first-order chi connectivity index (χ1) is 10.7. The molecule has 0 aliphatic carbocycles. The van der Waals surface area contributed by atoms with Gasteiger partial charge in [-0.05, 0) is 24.6 Å². The van der Waals surface area contributed by atoms with Gasteiger partial charge in [-0.3, -0.25) is 10.2 Å². The lowest BCUT2D eigenvalue weighted by Gasteiger charge is -1.99. The molecule has 22 heavy (non-hydrogen) atoms. The molecule has 6 nitrogen and oxygen atoms in total. The highest BCUT2D eigenvalue weighted by molar-refractivity contribution is 7.13. The Morgan fingerprint density at radius 3 is 3.14 bits per heavy atom. The molecule has 0 bridgehead atoms. The van der Waals surface area contributed by atoms with Gasteiger partial charge in [-0.25, -0.2) is 4.98 Å². The van der Waals surface area contributed by atoms with Gasteiger partial charge in [-0.15, -0.1) is 11.3 Å². The molecule has 0 radical (unpaired) electrons. The highest BCUT2D eigenvalue weighted by atomic mass is 32.1. The second-order valence-corrected chi connectivity index (χ2v) is 5.13. The standard InChI is InChI=1S/C15H17N3O3S/c1-3-21-14(19)8-12-10-22-15(17-12)18-16-9-11-5-4-6-13(7-11)20-2/h4-7,9-10H,3,8H2,1-2H3,(H,17,18)/b16-9-. The monoisotopic (exact) mass is 319 g/mol. The maximum absolute atomic E-state index is 11.4. The molecule has 0 saturated heterocycles. The molecule has 0 spiro atoms. The summed E-state index contributed by atoms with van der Waals surface area (Å²) in [6.45, 7) is 2.15. The summed E-state index contributed by atoms with van der Waals surface area (Å²) in [4.78, 5) is 15.6. The Morgan fingerprint density at radius 1 is 1.50 bits per heavy atom. The summed E-state index contributed by atoms with van der Waals surface area (Å²) in [5, 5.41) is 6.55. The molecule has 0 fully saturated rings. The molecule has 1 aromatic carbocycles. The number of thiazole rings is 1. The molecule has 1 aromatic heterocycles. The third kappa shape index (κ3) is 4.85. The molecule has 2 aromatic rings. The number of carbonyl (C=O) groups is 1. The minimum atomic E-state index is -0.278. The number of hydrogen-bond donors (Lipinski definition) is 1. The van der Waals surface area contributed by atoms with Crippen LogP contribution in [0.2, 0.25) is 0 Å². The van der Waals surface area contributed by atoms with Crippen molar-refractivity contribution in [3.05, 3.63) is 40.9 Å². The summed E-state index contributed by atoms with van der Waals surface area (Å²) >= 11 is 1.38. The lowest BCUT2D eigenvalue weighted by atomic mass is 10.2. The molecular formula is C15H17N3O3S. The van der Waals surface area contributed by atoms with Crippen LogP contribution >= 0.6 is 11.3 Å². The Balaban J connectivity index is 1.90. The van der Waals surface area contributed by atoms with Crippen LogP contribution in [0.1, 0.15) is 18.2 Å². The number of esters is 1. The molecule has 0 unspecified atom stereocenters. The maximum Gasteiger partial charge on any atom is 0.311 e. The van der Waals surface area contributed by atoms with Crippen molar-refractivity contribution >= 4 is 28.7 Å². The van der Waals surface area contributed by atoms with E-state index in [4.69, 9.17) is 9.47 Å². The molecule has 0 aliphatic rings. The number of hydrogen-bond acceptors (Lipinski definition) is 7. The summed E-state index contributed by atoms with van der Waals surface area (Å²) in [5.41, 5.74) is 4.42. The van der Waals surface area contributed by atoms with Crippen molar-refractivity contribution in [3.63, 3.8) is 0 Å². The van der Waals surface area contributed by atoms with Crippen molar-refractivity contribution in [1.29, 1.82) is 0 Å². The predicted octanol–water partition coefficient (Wildman–Crippen LogP) is 2.70. The number of methoxy groups -OCH3 is 1. The first kappa shape index (κ1) is 16.0. The molecule has 0 saturated carbocycles. The van der Waals surface area contributed by atoms with Crippen LogP contribution in [0.3, 0.4) is 0 Å². The highest BCUT2D eigenvalue weighted by Crippen LogP contribution is 2.16. The van der Waals surface area contributed by atoms with Crippen LogP contribution in [0.15, 0.2) is 34.7 Å². The molecule has 0 atom stereocenters. The van der Waals surface area contributed by atoms with Gasteiger partial charge in [0, 0.05) is 5.38 Å². The SMILES string of the molecule is CCOC(=O)Cc1csc(N/N=C\c2cccc(OC)c2)n1. The topological polar surface area (TPSA) is 72.8 Å². The van der Waals surface area contributed by atoms with Gasteiger partial charge in [-0.2, -0.15) is 5.10 Å². The van der Waals surface area contributed by atoms with Gasteiger partial charge < -0.3 is 9.47 Å². The number of carbonyl (C=O) groups excluding carboxylic acids is 1. The molecule has 0 amide bonds. The fourth-order valence-electron chi connectivity index (χ4n) is 1.68. The first-order valence-electron chi connectivity index (χ1n) is 6.74. The van der Waals surface area contributed by atoms with Gasteiger partial charge >= 0.3 is 5.97 Å². The number of rotatable bonds is 7. The van der Waals surface area contributed by atoms with Crippen molar-refractivity contribution in [2.75, 3.05) is 19.1 Å². The van der Waals surface area contributed by atoms with Gasteiger partial charge in [0.15, 0.2) is 0 Å². The normalized spacial score (nSPS) is 10.6. The number of benzene rings is 1. The van der Waals surface area contributed by atoms with Gasteiger partial charge in [0.05, 0.1) is 32.0 Å². The number of anilines is 1. The molecular weight excluding hydrogens is 302 g/mol. The average molecular weight is 319 g/mol. The number of hydrazone groups is 1. The molecule has 7 heteroatoms. The Hall–Kier alpha value is -2.41. The molecule has 2 rings (SSSR count). The number of aromatic nitrogens is 1. The minimum absolute atomic E-state index is 0.172. The van der Waals surface area contributed by atoms with E-state index in [2.05, 4.69) is 15.5 Å². The van der Waals surface area contributed by atoms with Crippen LogP contribution in [0.25, 0.3) is 0 Å². The predicted molar refractivity (Wildman–Crippen MR) is 86.7 cm³/mol. The second kappa shape index (κ2) is 8.14. The van der Waals surface area contributed by atoms with Crippen molar-refractivity contribution in [2.24, 2.45) is 5.10 Å². The minimum Gasteiger partial charge on any atom is -0.497 e. The van der Waals surface area contributed by atoms with Crippen LogP contribution < -0.4 is 10.2 Å². The third-order valence-electron chi connectivity index (χ3n) is 2.65. The Labute approximate surface area is 132 Å². The summed E-state index contributed by atoms with van der Waals surface area (Å²) in [6, 6.07) is 7.55. The maximum atomic E-state index is 11.4. The van der Waals surface area contributed by atoms with Gasteiger partial charge in [0.2, 0.25) is 5.13 Å². The van der Waals surface area contributed by atoms with E-state index in [1.807, 2.05) is 24.3 Å². The van der Waals surface area contributed by atoms with E-state index < -0.39 is 0 Å². The van der Waals surface area contributed by atoms with Gasteiger partial charge in [0.1, 0.15) is 5.75 Å². The quantitative estimate of drug-likeness (QED) is 0.482. The third-order valence-corrected chi connectivity index (χ3v) is 3.45. The summed E-state index contributed by atoms with van der Waals surface area (Å²) < 4.78 is 10.0. The van der Waals surface area contributed by atoms with Crippen LogP contribution in [0.5, 0.6) is 5.75 Å². The number of nitrogens with one attached hydrogen (secondary N) is 1. The van der Waals surface area contributed by atoms with Gasteiger partial charge in [-0.1, -0.05) is 12.1 Å². The molecule has 1 heterocycles. The lowest BCUT2D eigenvalue weighted by molar-refractivity contribution is -0.142. The van der Waals surface area contributed by atoms with Crippen LogP contribution in [0.4, 0.5) is 5.13 Å². The van der Waals surface area contributed by atoms with Gasteiger partial charge in [0.25, 0.3) is 0 Å². The second-order valence-electron chi connectivity index (χ2n) is 4.27. The van der Waals surface area contributed by atoms with E-state index in [1.165, 1.54) is 11.3 Å². The Kier molecular flexibility index (Phi) is 5.91.